The van der Waals surface area contributed by atoms with E-state index in [0.717, 1.165) is 22.4 Å². The van der Waals surface area contributed by atoms with Crippen LogP contribution in [0.2, 0.25) is 0 Å². The Morgan fingerprint density at radius 3 is 2.68 bits per heavy atom. The second-order valence-corrected chi connectivity index (χ2v) is 9.69. The van der Waals surface area contributed by atoms with E-state index >= 15 is 0 Å². The number of aryl methyl sites for hydroxylation is 1. The van der Waals surface area contributed by atoms with Gasteiger partial charge in [-0.3, -0.25) is 9.59 Å². The largest absolute Gasteiger partial charge is 0.497 e. The molecule has 0 bridgehead atoms. The molecule has 2 aliphatic rings. The highest BCUT2D eigenvalue weighted by Crippen LogP contribution is 2.55. The van der Waals surface area contributed by atoms with Crippen molar-refractivity contribution in [3.05, 3.63) is 94.5 Å². The zero-order valence-corrected chi connectivity index (χ0v) is 19.8. The van der Waals surface area contributed by atoms with Crippen LogP contribution in [-0.2, 0) is 16.2 Å². The molecule has 34 heavy (non-hydrogen) atoms. The lowest BCUT2D eigenvalue weighted by molar-refractivity contribution is -0.123. The Labute approximate surface area is 202 Å². The smallest absolute Gasteiger partial charge is 0.268 e. The molecular formula is C27H23N3O3S. The predicted molar refractivity (Wildman–Crippen MR) is 132 cm³/mol. The standard InChI is InChI=1S/C27H23N3O3S/c1-18-6-8-21(9-7-18)25(31)30-12-13-34-27(30)23-15-22(33-2)10-11-24(23)29(26(27)32)17-20-5-3-4-19(14-20)16-28/h3-11,14-15H,12-13,17H2,1-2H3/t27-/m1/s1. The molecule has 2 heterocycles. The zero-order chi connectivity index (χ0) is 23.9. The van der Waals surface area contributed by atoms with Crippen molar-refractivity contribution in [2.24, 2.45) is 0 Å². The first-order chi connectivity index (χ1) is 16.5. The number of ether oxygens (including phenoxy) is 1. The Bertz CT molecular complexity index is 1330. The Morgan fingerprint density at radius 2 is 1.94 bits per heavy atom. The third-order valence-corrected chi connectivity index (χ3v) is 7.76. The maximum atomic E-state index is 14.2. The van der Waals surface area contributed by atoms with Gasteiger partial charge in [0.15, 0.2) is 4.87 Å². The normalized spacial score (nSPS) is 18.8. The van der Waals surface area contributed by atoms with E-state index in [2.05, 4.69) is 6.07 Å². The molecule has 3 aromatic rings. The second kappa shape index (κ2) is 8.54. The number of amides is 2. The van der Waals surface area contributed by atoms with Gasteiger partial charge in [0, 0.05) is 23.4 Å². The van der Waals surface area contributed by atoms with Crippen LogP contribution < -0.4 is 9.64 Å². The van der Waals surface area contributed by atoms with E-state index in [0.29, 0.717) is 35.7 Å². The fourth-order valence-electron chi connectivity index (χ4n) is 4.65. The van der Waals surface area contributed by atoms with Gasteiger partial charge in [0.25, 0.3) is 11.8 Å². The summed E-state index contributed by atoms with van der Waals surface area (Å²) < 4.78 is 5.48. The number of hydrogen-bond donors (Lipinski definition) is 0. The van der Waals surface area contributed by atoms with Crippen molar-refractivity contribution in [2.45, 2.75) is 18.3 Å². The van der Waals surface area contributed by atoms with E-state index in [-0.39, 0.29) is 11.8 Å². The molecule has 5 rings (SSSR count). The van der Waals surface area contributed by atoms with Crippen molar-refractivity contribution in [1.29, 1.82) is 5.26 Å². The van der Waals surface area contributed by atoms with Gasteiger partial charge in [-0.05, 0) is 55.0 Å². The summed E-state index contributed by atoms with van der Waals surface area (Å²) in [5.74, 6) is 0.966. The van der Waals surface area contributed by atoms with E-state index in [4.69, 9.17) is 4.74 Å². The maximum absolute atomic E-state index is 14.2. The van der Waals surface area contributed by atoms with Crippen molar-refractivity contribution in [3.8, 4) is 11.8 Å². The fraction of sp³-hybridized carbons (Fsp3) is 0.222. The van der Waals surface area contributed by atoms with E-state index in [1.165, 1.54) is 11.8 Å². The predicted octanol–water partition coefficient (Wildman–Crippen LogP) is 4.46. The van der Waals surface area contributed by atoms with Crippen LogP contribution in [0.15, 0.2) is 66.7 Å². The van der Waals surface area contributed by atoms with Gasteiger partial charge in [0.05, 0.1) is 31.0 Å². The second-order valence-electron chi connectivity index (χ2n) is 8.40. The summed E-state index contributed by atoms with van der Waals surface area (Å²) in [6, 6.07) is 22.4. The molecule has 0 aromatic heterocycles. The Hall–Kier alpha value is -3.76. The van der Waals surface area contributed by atoms with Crippen LogP contribution in [0.1, 0.15) is 32.6 Å². The van der Waals surface area contributed by atoms with Gasteiger partial charge in [-0.25, -0.2) is 0 Å². The van der Waals surface area contributed by atoms with Crippen LogP contribution in [0.4, 0.5) is 5.69 Å². The minimum absolute atomic E-state index is 0.152. The van der Waals surface area contributed by atoms with Crippen molar-refractivity contribution in [3.63, 3.8) is 0 Å². The van der Waals surface area contributed by atoms with Gasteiger partial charge in [-0.2, -0.15) is 5.26 Å². The molecule has 0 unspecified atom stereocenters. The first-order valence-electron chi connectivity index (χ1n) is 11.0. The number of carbonyl (C=O) groups excluding carboxylic acids is 2. The highest BCUT2D eigenvalue weighted by Gasteiger charge is 2.59. The average molecular weight is 470 g/mol. The lowest BCUT2D eigenvalue weighted by Gasteiger charge is -2.33. The van der Waals surface area contributed by atoms with Gasteiger partial charge in [0.1, 0.15) is 5.75 Å². The van der Waals surface area contributed by atoms with Crippen LogP contribution in [0.25, 0.3) is 0 Å². The van der Waals surface area contributed by atoms with Crippen LogP contribution in [0.3, 0.4) is 0 Å². The number of benzene rings is 3. The molecule has 1 spiro atoms. The number of nitriles is 1. The molecule has 3 aromatic carbocycles. The average Bonchev–Trinajstić information content (AvgIpc) is 3.41. The summed E-state index contributed by atoms with van der Waals surface area (Å²) in [5.41, 5.74) is 4.54. The molecule has 0 radical (unpaired) electrons. The molecule has 1 fully saturated rings. The lowest BCUT2D eigenvalue weighted by Crippen LogP contribution is -2.50. The number of rotatable bonds is 4. The molecule has 7 heteroatoms. The van der Waals surface area contributed by atoms with Gasteiger partial charge in [-0.1, -0.05) is 29.8 Å². The minimum Gasteiger partial charge on any atom is -0.497 e. The third-order valence-electron chi connectivity index (χ3n) is 6.34. The quantitative estimate of drug-likeness (QED) is 0.564. The van der Waals surface area contributed by atoms with Crippen molar-refractivity contribution >= 4 is 29.3 Å². The third kappa shape index (κ3) is 3.42. The number of fused-ring (bicyclic) bond motifs is 2. The number of hydrogen-bond acceptors (Lipinski definition) is 5. The Kier molecular flexibility index (Phi) is 5.54. The van der Waals surface area contributed by atoms with Crippen LogP contribution in [0.5, 0.6) is 5.75 Å². The fourth-order valence-corrected chi connectivity index (χ4v) is 6.10. The summed E-state index contributed by atoms with van der Waals surface area (Å²) in [5, 5.41) is 9.29. The first kappa shape index (κ1) is 22.1. The summed E-state index contributed by atoms with van der Waals surface area (Å²) in [6.45, 7) is 2.75. The van der Waals surface area contributed by atoms with Crippen LogP contribution >= 0.6 is 11.8 Å². The molecule has 1 atom stereocenters. The highest BCUT2D eigenvalue weighted by atomic mass is 32.2. The van der Waals surface area contributed by atoms with Gasteiger partial charge >= 0.3 is 0 Å². The number of anilines is 1. The molecule has 1 saturated heterocycles. The molecule has 2 aliphatic heterocycles. The minimum atomic E-state index is -1.15. The monoisotopic (exact) mass is 469 g/mol. The maximum Gasteiger partial charge on any atom is 0.268 e. The van der Waals surface area contributed by atoms with Gasteiger partial charge in [-0.15, -0.1) is 11.8 Å². The SMILES string of the molecule is COc1ccc2c(c1)[C@@]1(SCCN1C(=O)c1ccc(C)cc1)C(=O)N2Cc1cccc(C#N)c1. The molecular weight excluding hydrogens is 446 g/mol. The van der Waals surface area contributed by atoms with E-state index < -0.39 is 4.87 Å². The Morgan fingerprint density at radius 1 is 1.15 bits per heavy atom. The first-order valence-corrected chi connectivity index (χ1v) is 12.0. The summed E-state index contributed by atoms with van der Waals surface area (Å²) in [7, 11) is 1.59. The number of carbonyl (C=O) groups is 2. The zero-order valence-electron chi connectivity index (χ0n) is 18.9. The number of methoxy groups -OCH3 is 1. The molecule has 0 N–H and O–H groups in total. The van der Waals surface area contributed by atoms with Crippen molar-refractivity contribution in [2.75, 3.05) is 24.3 Å². The Balaban J connectivity index is 1.60. The molecule has 2 amide bonds. The van der Waals surface area contributed by atoms with E-state index in [1.807, 2.05) is 61.5 Å². The topological polar surface area (TPSA) is 73.6 Å². The summed E-state index contributed by atoms with van der Waals surface area (Å²) >= 11 is 1.48. The van der Waals surface area contributed by atoms with Gasteiger partial charge < -0.3 is 14.5 Å². The molecule has 6 nitrogen and oxygen atoms in total. The van der Waals surface area contributed by atoms with Crippen molar-refractivity contribution < 1.29 is 14.3 Å². The highest BCUT2D eigenvalue weighted by molar-refractivity contribution is 8.01. The molecule has 0 saturated carbocycles. The van der Waals surface area contributed by atoms with E-state index in [9.17, 15) is 14.9 Å². The molecule has 170 valence electrons. The summed E-state index contributed by atoms with van der Waals surface area (Å²) in [6.07, 6.45) is 0. The van der Waals surface area contributed by atoms with E-state index in [1.54, 1.807) is 29.0 Å². The number of thioether (sulfide) groups is 1. The van der Waals surface area contributed by atoms with Crippen molar-refractivity contribution in [1.82, 2.24) is 4.90 Å². The van der Waals surface area contributed by atoms with Gasteiger partial charge in [0.2, 0.25) is 0 Å². The van der Waals surface area contributed by atoms with Crippen LogP contribution in [-0.4, -0.2) is 36.1 Å². The summed E-state index contributed by atoms with van der Waals surface area (Å²) in [4.78, 5) is 30.1. The van der Waals surface area contributed by atoms with Crippen LogP contribution in [0, 0.1) is 18.3 Å². The molecule has 0 aliphatic carbocycles. The number of nitrogens with zero attached hydrogens (tertiary/aromatic N) is 3. The lowest BCUT2D eigenvalue weighted by atomic mass is 10.0.